The highest BCUT2D eigenvalue weighted by molar-refractivity contribution is 5.93. The first kappa shape index (κ1) is 18.6. The molecule has 6 nitrogen and oxygen atoms in total. The summed E-state index contributed by atoms with van der Waals surface area (Å²) in [5.41, 5.74) is 0.449. The second kappa shape index (κ2) is 7.61. The van der Waals surface area contributed by atoms with Crippen LogP contribution in [-0.4, -0.2) is 22.1 Å². The van der Waals surface area contributed by atoms with Gasteiger partial charge in [0.05, 0.1) is 10.9 Å². The summed E-state index contributed by atoms with van der Waals surface area (Å²) in [6.45, 7) is 3.62. The summed E-state index contributed by atoms with van der Waals surface area (Å²) in [6, 6.07) is 15.9. The number of rotatable bonds is 5. The molecular formula is C21H23N3O3. The Morgan fingerprint density at radius 2 is 1.67 bits per heavy atom. The molecule has 1 aromatic heterocycles. The fraction of sp³-hybridized carbons (Fsp3) is 0.286. The Kier molecular flexibility index (Phi) is 5.26. The maximum absolute atomic E-state index is 13.1. The molecule has 0 saturated carbocycles. The number of carbonyl (C=O) groups excluding carboxylic acids is 1. The molecule has 0 bridgehead atoms. The van der Waals surface area contributed by atoms with Gasteiger partial charge in [0.15, 0.2) is 0 Å². The normalized spacial score (nSPS) is 12.1. The molecule has 6 heteroatoms. The van der Waals surface area contributed by atoms with Crippen LogP contribution in [0.5, 0.6) is 0 Å². The van der Waals surface area contributed by atoms with E-state index in [4.69, 9.17) is 0 Å². The number of likely N-dealkylation sites (N-methyl/N-ethyl adjacent to an activating group) is 1. The van der Waals surface area contributed by atoms with E-state index in [0.29, 0.717) is 17.3 Å². The molecule has 1 heterocycles. The smallest absolute Gasteiger partial charge is 0.314 e. The number of hydrogen-bond acceptors (Lipinski definition) is 3. The van der Waals surface area contributed by atoms with Crippen LogP contribution in [0.3, 0.4) is 0 Å². The molecule has 0 aliphatic heterocycles. The van der Waals surface area contributed by atoms with Crippen LogP contribution in [0.15, 0.2) is 64.2 Å². The standard InChI is InChI=1S/C21H23N3O3/c1-4-15(2)24-20(26)17-12-8-9-13-18(17)23(21(24)27)14-19(25)22(3)16-10-6-5-7-11-16/h5-13,15H,4,14H2,1-3H3. The highest BCUT2D eigenvalue weighted by Crippen LogP contribution is 2.14. The zero-order valence-electron chi connectivity index (χ0n) is 15.8. The summed E-state index contributed by atoms with van der Waals surface area (Å²) in [5.74, 6) is -0.234. The second-order valence-electron chi connectivity index (χ2n) is 6.61. The van der Waals surface area contributed by atoms with Crippen LogP contribution in [-0.2, 0) is 11.3 Å². The van der Waals surface area contributed by atoms with Crippen molar-refractivity contribution in [1.29, 1.82) is 0 Å². The van der Waals surface area contributed by atoms with Crippen molar-refractivity contribution in [3.63, 3.8) is 0 Å². The molecular weight excluding hydrogens is 342 g/mol. The Hall–Kier alpha value is -3.15. The molecule has 3 rings (SSSR count). The molecule has 27 heavy (non-hydrogen) atoms. The topological polar surface area (TPSA) is 64.3 Å². The monoisotopic (exact) mass is 365 g/mol. The highest BCUT2D eigenvalue weighted by atomic mass is 16.2. The summed E-state index contributed by atoms with van der Waals surface area (Å²) in [5, 5.41) is 0.438. The van der Waals surface area contributed by atoms with Gasteiger partial charge in [-0.05, 0) is 37.6 Å². The van der Waals surface area contributed by atoms with E-state index < -0.39 is 5.69 Å². The van der Waals surface area contributed by atoms with Crippen molar-refractivity contribution in [3.05, 3.63) is 75.4 Å². The van der Waals surface area contributed by atoms with Gasteiger partial charge in [0, 0.05) is 18.8 Å². The minimum Gasteiger partial charge on any atom is -0.314 e. The van der Waals surface area contributed by atoms with Gasteiger partial charge < -0.3 is 4.90 Å². The van der Waals surface area contributed by atoms with Crippen LogP contribution in [0, 0.1) is 0 Å². The van der Waals surface area contributed by atoms with Gasteiger partial charge in [-0.15, -0.1) is 0 Å². The van der Waals surface area contributed by atoms with Crippen molar-refractivity contribution >= 4 is 22.5 Å². The average molecular weight is 365 g/mol. The minimum atomic E-state index is -0.456. The lowest BCUT2D eigenvalue weighted by Crippen LogP contribution is -2.44. The van der Waals surface area contributed by atoms with Crippen LogP contribution in [0.1, 0.15) is 26.3 Å². The van der Waals surface area contributed by atoms with E-state index in [1.807, 2.05) is 44.2 Å². The number of anilines is 1. The van der Waals surface area contributed by atoms with Crippen molar-refractivity contribution < 1.29 is 4.79 Å². The summed E-state index contributed by atoms with van der Waals surface area (Å²) in [4.78, 5) is 40.2. The maximum atomic E-state index is 13.1. The summed E-state index contributed by atoms with van der Waals surface area (Å²) in [7, 11) is 1.68. The lowest BCUT2D eigenvalue weighted by atomic mass is 10.2. The quantitative estimate of drug-likeness (QED) is 0.698. The van der Waals surface area contributed by atoms with Gasteiger partial charge >= 0.3 is 5.69 Å². The Labute approximate surface area is 157 Å². The Bertz CT molecular complexity index is 1080. The molecule has 1 atom stereocenters. The lowest BCUT2D eigenvalue weighted by molar-refractivity contribution is -0.118. The first-order valence-corrected chi connectivity index (χ1v) is 9.01. The lowest BCUT2D eigenvalue weighted by Gasteiger charge is -2.20. The largest absolute Gasteiger partial charge is 0.332 e. The predicted molar refractivity (Wildman–Crippen MR) is 107 cm³/mol. The maximum Gasteiger partial charge on any atom is 0.332 e. The second-order valence-corrected chi connectivity index (χ2v) is 6.61. The van der Waals surface area contributed by atoms with E-state index in [0.717, 1.165) is 5.69 Å². The Balaban J connectivity index is 2.12. The number of hydrogen-bond donors (Lipinski definition) is 0. The van der Waals surface area contributed by atoms with Gasteiger partial charge in [-0.1, -0.05) is 37.3 Å². The van der Waals surface area contributed by atoms with Crippen LogP contribution >= 0.6 is 0 Å². The van der Waals surface area contributed by atoms with Crippen LogP contribution in [0.25, 0.3) is 10.9 Å². The fourth-order valence-electron chi connectivity index (χ4n) is 3.10. The molecule has 0 saturated heterocycles. The third-order valence-electron chi connectivity index (χ3n) is 4.92. The van der Waals surface area contributed by atoms with Crippen molar-refractivity contribution in [2.24, 2.45) is 0 Å². The third-order valence-corrected chi connectivity index (χ3v) is 4.92. The molecule has 0 radical (unpaired) electrons. The van der Waals surface area contributed by atoms with Gasteiger partial charge in [0.2, 0.25) is 5.91 Å². The zero-order chi connectivity index (χ0) is 19.6. The number of benzene rings is 2. The molecule has 0 spiro atoms. The average Bonchev–Trinajstić information content (AvgIpc) is 2.70. The Morgan fingerprint density at radius 3 is 2.33 bits per heavy atom. The number of aromatic nitrogens is 2. The number of carbonyl (C=O) groups is 1. The summed E-state index contributed by atoms with van der Waals surface area (Å²) >= 11 is 0. The van der Waals surface area contributed by atoms with Crippen LogP contribution in [0.2, 0.25) is 0 Å². The van der Waals surface area contributed by atoms with Crippen LogP contribution < -0.4 is 16.1 Å². The van der Waals surface area contributed by atoms with Gasteiger partial charge in [-0.2, -0.15) is 0 Å². The van der Waals surface area contributed by atoms with Gasteiger partial charge in [0.1, 0.15) is 6.54 Å². The number of fused-ring (bicyclic) bond motifs is 1. The SMILES string of the molecule is CCC(C)n1c(=O)c2ccccc2n(CC(=O)N(C)c2ccccc2)c1=O. The number of amides is 1. The molecule has 1 unspecified atom stereocenters. The van der Waals surface area contributed by atoms with Gasteiger partial charge in [-0.3, -0.25) is 18.7 Å². The molecule has 0 N–H and O–H groups in total. The molecule has 2 aromatic carbocycles. The van der Waals surface area contributed by atoms with E-state index in [9.17, 15) is 14.4 Å². The summed E-state index contributed by atoms with van der Waals surface area (Å²) in [6.07, 6.45) is 0.644. The molecule has 1 amide bonds. The molecule has 140 valence electrons. The first-order valence-electron chi connectivity index (χ1n) is 9.01. The van der Waals surface area contributed by atoms with E-state index >= 15 is 0 Å². The van der Waals surface area contributed by atoms with Crippen molar-refractivity contribution in [1.82, 2.24) is 9.13 Å². The van der Waals surface area contributed by atoms with Crippen molar-refractivity contribution in [2.75, 3.05) is 11.9 Å². The first-order chi connectivity index (χ1) is 13.0. The highest BCUT2D eigenvalue weighted by Gasteiger charge is 2.19. The molecule has 0 aliphatic rings. The van der Waals surface area contributed by atoms with E-state index in [1.165, 1.54) is 14.0 Å². The zero-order valence-corrected chi connectivity index (χ0v) is 15.8. The third kappa shape index (κ3) is 3.43. The Morgan fingerprint density at radius 1 is 1.04 bits per heavy atom. The fourth-order valence-corrected chi connectivity index (χ4v) is 3.10. The molecule has 0 aliphatic carbocycles. The summed E-state index contributed by atoms with van der Waals surface area (Å²) < 4.78 is 2.64. The van der Waals surface area contributed by atoms with Crippen LogP contribution in [0.4, 0.5) is 5.69 Å². The van der Waals surface area contributed by atoms with E-state index in [2.05, 4.69) is 0 Å². The number of para-hydroxylation sites is 2. The minimum absolute atomic E-state index is 0.137. The van der Waals surface area contributed by atoms with Gasteiger partial charge in [0.25, 0.3) is 5.56 Å². The predicted octanol–water partition coefficient (Wildman–Crippen LogP) is 2.80. The molecule has 0 fully saturated rings. The van der Waals surface area contributed by atoms with E-state index in [-0.39, 0.29) is 24.1 Å². The van der Waals surface area contributed by atoms with Crippen molar-refractivity contribution in [3.8, 4) is 0 Å². The van der Waals surface area contributed by atoms with Crippen molar-refractivity contribution in [2.45, 2.75) is 32.9 Å². The van der Waals surface area contributed by atoms with Gasteiger partial charge in [-0.25, -0.2) is 4.79 Å². The number of nitrogens with zero attached hydrogens (tertiary/aromatic N) is 3. The van der Waals surface area contributed by atoms with E-state index in [1.54, 1.807) is 31.3 Å². The molecule has 3 aromatic rings.